The Morgan fingerprint density at radius 3 is 2.87 bits per heavy atom. The number of hydrogen-bond donors (Lipinski definition) is 0. The second kappa shape index (κ2) is 5.65. The first kappa shape index (κ1) is 11.9. The lowest BCUT2D eigenvalue weighted by Crippen LogP contribution is -2.31. The van der Waals surface area contributed by atoms with Crippen molar-refractivity contribution in [1.82, 2.24) is 0 Å². The van der Waals surface area contributed by atoms with E-state index < -0.39 is 0 Å². The number of ether oxygens (including phenoxy) is 2. The number of alkyl halides is 1. The van der Waals surface area contributed by atoms with Crippen molar-refractivity contribution in [3.05, 3.63) is 0 Å². The van der Waals surface area contributed by atoms with E-state index in [0.717, 1.165) is 19.1 Å². The van der Waals surface area contributed by atoms with E-state index in [2.05, 4.69) is 22.9 Å². The molecule has 1 heterocycles. The molecule has 0 N–H and O–H groups in total. The fraction of sp³-hybridized carbons (Fsp3) is 1.00. The van der Waals surface area contributed by atoms with Crippen LogP contribution in [0.15, 0.2) is 0 Å². The molecule has 4 unspecified atom stereocenters. The van der Waals surface area contributed by atoms with Crippen LogP contribution in [-0.2, 0) is 9.47 Å². The number of rotatable bonds is 3. The minimum absolute atomic E-state index is 0.283. The van der Waals surface area contributed by atoms with Crippen LogP contribution in [0, 0.1) is 5.92 Å². The molecule has 0 aromatic heterocycles. The van der Waals surface area contributed by atoms with Gasteiger partial charge in [-0.25, -0.2) is 0 Å². The normalized spacial score (nSPS) is 42.0. The molecular weight excluding hydrogens is 256 g/mol. The number of hydrogen-bond acceptors (Lipinski definition) is 2. The highest BCUT2D eigenvalue weighted by molar-refractivity contribution is 9.09. The van der Waals surface area contributed by atoms with Gasteiger partial charge in [0.1, 0.15) is 0 Å². The van der Waals surface area contributed by atoms with E-state index >= 15 is 0 Å². The Hall–Kier alpha value is 0.400. The molecule has 1 saturated carbocycles. The topological polar surface area (TPSA) is 18.5 Å². The van der Waals surface area contributed by atoms with E-state index in [0.29, 0.717) is 10.9 Å². The van der Waals surface area contributed by atoms with Crippen molar-refractivity contribution in [2.24, 2.45) is 5.92 Å². The molecule has 0 spiro atoms. The first-order chi connectivity index (χ1) is 7.29. The van der Waals surface area contributed by atoms with E-state index in [9.17, 15) is 0 Å². The van der Waals surface area contributed by atoms with Gasteiger partial charge >= 0.3 is 0 Å². The highest BCUT2D eigenvalue weighted by Gasteiger charge is 2.31. The maximum absolute atomic E-state index is 6.12. The third kappa shape index (κ3) is 3.18. The number of halogens is 1. The molecule has 88 valence electrons. The van der Waals surface area contributed by atoms with Crippen LogP contribution < -0.4 is 0 Å². The summed E-state index contributed by atoms with van der Waals surface area (Å²) in [5.41, 5.74) is 0. The lowest BCUT2D eigenvalue weighted by atomic mass is 9.85. The van der Waals surface area contributed by atoms with Gasteiger partial charge in [-0.2, -0.15) is 0 Å². The molecule has 1 saturated heterocycles. The van der Waals surface area contributed by atoms with Gasteiger partial charge in [-0.05, 0) is 18.8 Å². The van der Waals surface area contributed by atoms with Crippen LogP contribution in [0.3, 0.4) is 0 Å². The van der Waals surface area contributed by atoms with Crippen LogP contribution in [0.1, 0.15) is 39.0 Å². The quantitative estimate of drug-likeness (QED) is 0.738. The van der Waals surface area contributed by atoms with Gasteiger partial charge < -0.3 is 9.47 Å². The van der Waals surface area contributed by atoms with E-state index in [-0.39, 0.29) is 6.10 Å². The van der Waals surface area contributed by atoms with Gasteiger partial charge in [-0.1, -0.05) is 42.1 Å². The van der Waals surface area contributed by atoms with E-state index in [4.69, 9.17) is 9.47 Å². The minimum Gasteiger partial charge on any atom is -0.377 e. The molecule has 4 atom stereocenters. The summed E-state index contributed by atoms with van der Waals surface area (Å²) in [5.74, 6) is 0.889. The second-order valence-electron chi connectivity index (χ2n) is 4.79. The molecule has 0 bridgehead atoms. The summed E-state index contributed by atoms with van der Waals surface area (Å²) in [6.45, 7) is 3.86. The summed E-state index contributed by atoms with van der Waals surface area (Å²) < 4.78 is 11.5. The Morgan fingerprint density at radius 1 is 1.33 bits per heavy atom. The van der Waals surface area contributed by atoms with Gasteiger partial charge in [-0.3, -0.25) is 0 Å². The molecule has 15 heavy (non-hydrogen) atoms. The fourth-order valence-corrected chi connectivity index (χ4v) is 3.08. The van der Waals surface area contributed by atoms with Crippen molar-refractivity contribution in [2.75, 3.05) is 13.2 Å². The van der Waals surface area contributed by atoms with Crippen molar-refractivity contribution in [1.29, 1.82) is 0 Å². The summed E-state index contributed by atoms with van der Waals surface area (Å²) >= 11 is 3.61. The van der Waals surface area contributed by atoms with Gasteiger partial charge in [0, 0.05) is 0 Å². The summed E-state index contributed by atoms with van der Waals surface area (Å²) in [6, 6.07) is 0. The molecule has 3 heteroatoms. The average molecular weight is 277 g/mol. The van der Waals surface area contributed by atoms with Gasteiger partial charge in [0.15, 0.2) is 0 Å². The molecule has 0 radical (unpaired) electrons. The lowest BCUT2D eigenvalue weighted by Gasteiger charge is -2.30. The van der Waals surface area contributed by atoms with E-state index in [1.54, 1.807) is 0 Å². The van der Waals surface area contributed by atoms with Crippen LogP contribution in [-0.4, -0.2) is 30.2 Å². The van der Waals surface area contributed by atoms with Crippen LogP contribution >= 0.6 is 15.9 Å². The highest BCUT2D eigenvalue weighted by atomic mass is 79.9. The SMILES string of the molecule is CCC1CCCC(OC2COCC2Br)C1. The fourth-order valence-electron chi connectivity index (χ4n) is 2.62. The zero-order valence-electron chi connectivity index (χ0n) is 9.45. The molecule has 2 fully saturated rings. The third-order valence-electron chi connectivity index (χ3n) is 3.64. The van der Waals surface area contributed by atoms with Crippen LogP contribution in [0.2, 0.25) is 0 Å². The smallest absolute Gasteiger partial charge is 0.0959 e. The Kier molecular flexibility index (Phi) is 4.47. The summed E-state index contributed by atoms with van der Waals surface area (Å²) in [4.78, 5) is 0.402. The monoisotopic (exact) mass is 276 g/mol. The second-order valence-corrected chi connectivity index (χ2v) is 5.97. The maximum atomic E-state index is 6.12. The van der Waals surface area contributed by atoms with E-state index in [1.807, 2.05) is 0 Å². The first-order valence-corrected chi connectivity index (χ1v) is 7.08. The molecular formula is C12H21BrO2. The van der Waals surface area contributed by atoms with Crippen molar-refractivity contribution < 1.29 is 9.47 Å². The Balaban J connectivity index is 1.78. The van der Waals surface area contributed by atoms with Crippen molar-refractivity contribution in [3.8, 4) is 0 Å². The lowest BCUT2D eigenvalue weighted by molar-refractivity contribution is -0.0403. The van der Waals surface area contributed by atoms with Gasteiger partial charge in [0.25, 0.3) is 0 Å². The Labute approximate surface area is 101 Å². The maximum Gasteiger partial charge on any atom is 0.0959 e. The zero-order chi connectivity index (χ0) is 10.7. The molecule has 0 amide bonds. The van der Waals surface area contributed by atoms with Crippen LogP contribution in [0.4, 0.5) is 0 Å². The van der Waals surface area contributed by atoms with Crippen molar-refractivity contribution >= 4 is 15.9 Å². The predicted molar refractivity (Wildman–Crippen MR) is 64.4 cm³/mol. The van der Waals surface area contributed by atoms with Crippen LogP contribution in [0.25, 0.3) is 0 Å². The molecule has 1 aliphatic carbocycles. The highest BCUT2D eigenvalue weighted by Crippen LogP contribution is 2.30. The largest absolute Gasteiger partial charge is 0.377 e. The Morgan fingerprint density at radius 2 is 2.20 bits per heavy atom. The van der Waals surface area contributed by atoms with Gasteiger partial charge in [0.2, 0.25) is 0 Å². The van der Waals surface area contributed by atoms with Crippen LogP contribution in [0.5, 0.6) is 0 Å². The molecule has 1 aliphatic heterocycles. The zero-order valence-corrected chi connectivity index (χ0v) is 11.0. The summed E-state index contributed by atoms with van der Waals surface area (Å²) in [5, 5.41) is 0. The molecule has 2 nitrogen and oxygen atoms in total. The van der Waals surface area contributed by atoms with Crippen molar-refractivity contribution in [3.63, 3.8) is 0 Å². The van der Waals surface area contributed by atoms with Crippen molar-refractivity contribution in [2.45, 2.75) is 56.1 Å². The van der Waals surface area contributed by atoms with Gasteiger partial charge in [-0.15, -0.1) is 0 Å². The summed E-state index contributed by atoms with van der Waals surface area (Å²) in [6.07, 6.45) is 7.30. The first-order valence-electron chi connectivity index (χ1n) is 6.17. The van der Waals surface area contributed by atoms with E-state index in [1.165, 1.54) is 32.1 Å². The molecule has 2 rings (SSSR count). The average Bonchev–Trinajstić information content (AvgIpc) is 2.65. The Bertz CT molecular complexity index is 198. The molecule has 0 aromatic carbocycles. The molecule has 2 aliphatic rings. The molecule has 0 aromatic rings. The predicted octanol–water partition coefficient (Wildman–Crippen LogP) is 3.13. The third-order valence-corrected chi connectivity index (χ3v) is 4.50. The summed E-state index contributed by atoms with van der Waals surface area (Å²) in [7, 11) is 0. The minimum atomic E-state index is 0.283. The standard InChI is InChI=1S/C12H21BrO2/c1-2-9-4-3-5-10(6-9)15-12-8-14-7-11(12)13/h9-12H,2-8H2,1H3. The van der Waals surface area contributed by atoms with Gasteiger partial charge in [0.05, 0.1) is 30.2 Å².